The van der Waals surface area contributed by atoms with Gasteiger partial charge in [0.2, 0.25) is 0 Å². The Labute approximate surface area is 189 Å². The molecule has 176 valence electrons. The summed E-state index contributed by atoms with van der Waals surface area (Å²) < 4.78 is 0. The predicted octanol–water partition coefficient (Wildman–Crippen LogP) is 5.05. The maximum atomic E-state index is 11.8. The maximum absolute atomic E-state index is 11.8. The van der Waals surface area contributed by atoms with Crippen molar-refractivity contribution >= 4 is 23.2 Å². The quantitative estimate of drug-likeness (QED) is 0.564. The molecule has 0 saturated carbocycles. The third-order valence-corrected chi connectivity index (χ3v) is 4.01. The number of carbonyl (C=O) groups is 1. The third-order valence-electron chi connectivity index (χ3n) is 4.01. The number of aryl methyl sites for hydroxylation is 1. The molecule has 0 aliphatic rings. The van der Waals surface area contributed by atoms with Gasteiger partial charge in [0.15, 0.2) is 17.3 Å². The SMILES string of the molecule is CC.CC.CC.Cc1nc(C(N)=O)c(Nc2cccc(CCN)c2)nc1N(C)C(C)C. The van der Waals surface area contributed by atoms with E-state index in [0.717, 1.165) is 17.7 Å². The molecular formula is C24H44N6O. The second-order valence-corrected chi connectivity index (χ2v) is 6.26. The Bertz CT molecular complexity index is 762. The van der Waals surface area contributed by atoms with Crippen LogP contribution in [0.15, 0.2) is 24.3 Å². The first-order chi connectivity index (χ1) is 14.8. The normalized spacial score (nSPS) is 9.29. The second-order valence-electron chi connectivity index (χ2n) is 6.26. The van der Waals surface area contributed by atoms with Gasteiger partial charge in [0.1, 0.15) is 0 Å². The summed E-state index contributed by atoms with van der Waals surface area (Å²) in [7, 11) is 1.94. The number of carbonyl (C=O) groups excluding carboxylic acids is 1. The number of nitrogens with one attached hydrogen (secondary N) is 1. The van der Waals surface area contributed by atoms with E-state index in [1.807, 2.05) is 84.7 Å². The average Bonchev–Trinajstić information content (AvgIpc) is 2.78. The van der Waals surface area contributed by atoms with Crippen molar-refractivity contribution in [3.8, 4) is 0 Å². The van der Waals surface area contributed by atoms with Gasteiger partial charge in [0, 0.05) is 18.8 Å². The number of aromatic nitrogens is 2. The van der Waals surface area contributed by atoms with Gasteiger partial charge in [-0.3, -0.25) is 4.79 Å². The summed E-state index contributed by atoms with van der Waals surface area (Å²) >= 11 is 0. The molecule has 0 radical (unpaired) electrons. The number of rotatable bonds is 7. The van der Waals surface area contributed by atoms with Crippen LogP contribution in [-0.4, -0.2) is 35.5 Å². The zero-order chi connectivity index (χ0) is 24.6. The van der Waals surface area contributed by atoms with Crippen LogP contribution in [0.3, 0.4) is 0 Å². The van der Waals surface area contributed by atoms with E-state index in [0.29, 0.717) is 23.9 Å². The fourth-order valence-corrected chi connectivity index (χ4v) is 2.46. The van der Waals surface area contributed by atoms with Crippen LogP contribution in [0.25, 0.3) is 0 Å². The van der Waals surface area contributed by atoms with Gasteiger partial charge in [-0.25, -0.2) is 9.97 Å². The Morgan fingerprint density at radius 1 is 1.10 bits per heavy atom. The molecule has 0 fully saturated rings. The summed E-state index contributed by atoms with van der Waals surface area (Å²) in [5.41, 5.74) is 13.8. The van der Waals surface area contributed by atoms with E-state index < -0.39 is 5.91 Å². The molecule has 5 N–H and O–H groups in total. The Morgan fingerprint density at radius 3 is 2.16 bits per heavy atom. The zero-order valence-corrected chi connectivity index (χ0v) is 21.2. The first-order valence-corrected chi connectivity index (χ1v) is 11.3. The lowest BCUT2D eigenvalue weighted by atomic mass is 10.1. The van der Waals surface area contributed by atoms with Crippen molar-refractivity contribution in [3.05, 3.63) is 41.2 Å². The number of amides is 1. The number of nitrogens with zero attached hydrogens (tertiary/aromatic N) is 3. The monoisotopic (exact) mass is 432 g/mol. The Kier molecular flexibility index (Phi) is 16.8. The maximum Gasteiger partial charge on any atom is 0.271 e. The van der Waals surface area contributed by atoms with Gasteiger partial charge in [-0.1, -0.05) is 53.7 Å². The van der Waals surface area contributed by atoms with Gasteiger partial charge in [-0.2, -0.15) is 0 Å². The minimum absolute atomic E-state index is 0.127. The minimum atomic E-state index is -0.616. The Hall–Kier alpha value is -2.67. The van der Waals surface area contributed by atoms with E-state index in [1.54, 1.807) is 0 Å². The van der Waals surface area contributed by atoms with Crippen LogP contribution in [0.4, 0.5) is 17.3 Å². The van der Waals surface area contributed by atoms with Crippen LogP contribution in [-0.2, 0) is 6.42 Å². The highest BCUT2D eigenvalue weighted by Crippen LogP contribution is 2.24. The van der Waals surface area contributed by atoms with Crippen molar-refractivity contribution in [2.45, 2.75) is 74.8 Å². The summed E-state index contributed by atoms with van der Waals surface area (Å²) in [6.07, 6.45) is 0.777. The lowest BCUT2D eigenvalue weighted by Crippen LogP contribution is -2.29. The van der Waals surface area contributed by atoms with Gasteiger partial charge in [0.25, 0.3) is 5.91 Å². The van der Waals surface area contributed by atoms with Crippen molar-refractivity contribution in [3.63, 3.8) is 0 Å². The molecule has 7 nitrogen and oxygen atoms in total. The zero-order valence-electron chi connectivity index (χ0n) is 21.2. The van der Waals surface area contributed by atoms with Gasteiger partial charge < -0.3 is 21.7 Å². The Morgan fingerprint density at radius 2 is 1.68 bits per heavy atom. The van der Waals surface area contributed by atoms with Crippen LogP contribution >= 0.6 is 0 Å². The highest BCUT2D eigenvalue weighted by Gasteiger charge is 2.19. The van der Waals surface area contributed by atoms with Crippen molar-refractivity contribution in [2.75, 3.05) is 23.8 Å². The van der Waals surface area contributed by atoms with E-state index >= 15 is 0 Å². The summed E-state index contributed by atoms with van der Waals surface area (Å²) in [5.74, 6) is 0.445. The molecule has 1 heterocycles. The van der Waals surface area contributed by atoms with E-state index in [2.05, 4.69) is 29.1 Å². The number of hydrogen-bond acceptors (Lipinski definition) is 6. The summed E-state index contributed by atoms with van der Waals surface area (Å²) in [4.78, 5) is 22.8. The Balaban J connectivity index is 0. The van der Waals surface area contributed by atoms with E-state index in [1.165, 1.54) is 0 Å². The lowest BCUT2D eigenvalue weighted by Gasteiger charge is -2.25. The largest absolute Gasteiger partial charge is 0.364 e. The van der Waals surface area contributed by atoms with Gasteiger partial charge in [0.05, 0.1) is 5.69 Å². The molecule has 2 rings (SSSR count). The third kappa shape index (κ3) is 9.79. The standard InChI is InChI=1S/C18H26N6O.3C2H6/c1-11(2)24(4)18-12(3)21-15(16(20)25)17(23-18)22-14-7-5-6-13(10-14)8-9-19;3*1-2/h5-7,10-11H,8-9,19H2,1-4H3,(H2,20,25)(H,22,23);3*1-2H3. The van der Waals surface area contributed by atoms with Crippen LogP contribution in [0.1, 0.15) is 77.1 Å². The molecule has 0 bridgehead atoms. The molecule has 0 aliphatic carbocycles. The summed E-state index contributed by atoms with van der Waals surface area (Å²) in [6, 6.07) is 8.06. The van der Waals surface area contributed by atoms with Crippen LogP contribution in [0.2, 0.25) is 0 Å². The first-order valence-electron chi connectivity index (χ1n) is 11.3. The van der Waals surface area contributed by atoms with E-state index in [4.69, 9.17) is 11.5 Å². The highest BCUT2D eigenvalue weighted by molar-refractivity contribution is 5.96. The molecule has 0 saturated heterocycles. The molecule has 0 unspecified atom stereocenters. The number of anilines is 3. The van der Waals surface area contributed by atoms with Gasteiger partial charge in [-0.15, -0.1) is 0 Å². The molecular weight excluding hydrogens is 388 g/mol. The number of nitrogens with two attached hydrogens (primary N) is 2. The summed E-state index contributed by atoms with van der Waals surface area (Å²) in [5, 5.41) is 3.17. The molecule has 1 aromatic carbocycles. The molecule has 1 aromatic heterocycles. The number of primary amides is 1. The predicted molar refractivity (Wildman–Crippen MR) is 135 cm³/mol. The van der Waals surface area contributed by atoms with Gasteiger partial charge in [-0.05, 0) is 51.4 Å². The molecule has 2 aromatic rings. The van der Waals surface area contributed by atoms with Crippen molar-refractivity contribution in [2.24, 2.45) is 11.5 Å². The second kappa shape index (κ2) is 17.1. The summed E-state index contributed by atoms with van der Waals surface area (Å²) in [6.45, 7) is 18.5. The van der Waals surface area contributed by atoms with Crippen molar-refractivity contribution < 1.29 is 4.79 Å². The molecule has 0 atom stereocenters. The lowest BCUT2D eigenvalue weighted by molar-refractivity contribution is 0.0996. The molecule has 1 amide bonds. The fraction of sp³-hybridized carbons (Fsp3) is 0.542. The molecule has 31 heavy (non-hydrogen) atoms. The highest BCUT2D eigenvalue weighted by atomic mass is 16.1. The average molecular weight is 433 g/mol. The number of hydrogen-bond donors (Lipinski definition) is 3. The number of benzene rings is 1. The van der Waals surface area contributed by atoms with E-state index in [9.17, 15) is 4.79 Å². The minimum Gasteiger partial charge on any atom is -0.364 e. The molecule has 7 heteroatoms. The van der Waals surface area contributed by atoms with Crippen LogP contribution in [0.5, 0.6) is 0 Å². The first kappa shape index (κ1) is 30.5. The fourth-order valence-electron chi connectivity index (χ4n) is 2.46. The van der Waals surface area contributed by atoms with Gasteiger partial charge >= 0.3 is 0 Å². The molecule has 0 aliphatic heterocycles. The molecule has 0 spiro atoms. The topological polar surface area (TPSA) is 110 Å². The smallest absolute Gasteiger partial charge is 0.271 e. The van der Waals surface area contributed by atoms with E-state index in [-0.39, 0.29) is 11.7 Å². The van der Waals surface area contributed by atoms with Crippen molar-refractivity contribution in [1.29, 1.82) is 0 Å². The van der Waals surface area contributed by atoms with Crippen LogP contribution in [0, 0.1) is 6.92 Å². The van der Waals surface area contributed by atoms with Crippen molar-refractivity contribution in [1.82, 2.24) is 9.97 Å². The van der Waals surface area contributed by atoms with Crippen LogP contribution < -0.4 is 21.7 Å².